The van der Waals surface area contributed by atoms with Crippen LogP contribution in [0.3, 0.4) is 0 Å². The van der Waals surface area contributed by atoms with Crippen molar-refractivity contribution < 1.29 is 22.8 Å². The third-order valence-corrected chi connectivity index (χ3v) is 5.60. The number of aromatic nitrogens is 2. The molecule has 2 aromatic heterocycles. The molecule has 166 valence electrons. The molecular formula is C23H21F3N4O2. The lowest BCUT2D eigenvalue weighted by molar-refractivity contribution is -0.136. The number of rotatable bonds is 3. The normalized spacial score (nSPS) is 15.1. The van der Waals surface area contributed by atoms with Crippen molar-refractivity contribution in [1.29, 1.82) is 0 Å². The highest BCUT2D eigenvalue weighted by Crippen LogP contribution is 2.37. The van der Waals surface area contributed by atoms with E-state index in [4.69, 9.17) is 0 Å². The third-order valence-electron chi connectivity index (χ3n) is 5.60. The third kappa shape index (κ3) is 4.42. The lowest BCUT2D eigenvalue weighted by Crippen LogP contribution is -2.42. The van der Waals surface area contributed by atoms with Gasteiger partial charge in [0.1, 0.15) is 5.82 Å². The first kappa shape index (κ1) is 21.7. The molecule has 0 spiro atoms. The molecule has 1 aliphatic heterocycles. The molecule has 0 unspecified atom stereocenters. The van der Waals surface area contributed by atoms with Crippen molar-refractivity contribution in [2.75, 3.05) is 18.4 Å². The predicted octanol–water partition coefficient (Wildman–Crippen LogP) is 4.45. The molecule has 0 saturated carbocycles. The van der Waals surface area contributed by atoms with Crippen molar-refractivity contribution >= 4 is 28.5 Å². The number of para-hydroxylation sites is 1. The summed E-state index contributed by atoms with van der Waals surface area (Å²) >= 11 is 0. The Labute approximate surface area is 182 Å². The summed E-state index contributed by atoms with van der Waals surface area (Å²) in [5.74, 6) is -0.846. The van der Waals surface area contributed by atoms with Crippen molar-refractivity contribution in [3.8, 4) is 0 Å². The van der Waals surface area contributed by atoms with Crippen molar-refractivity contribution in [3.05, 3.63) is 65.5 Å². The number of hydrogen-bond acceptors (Lipinski definition) is 4. The van der Waals surface area contributed by atoms with Gasteiger partial charge in [0.25, 0.3) is 5.91 Å². The van der Waals surface area contributed by atoms with Crippen molar-refractivity contribution in [3.63, 3.8) is 0 Å². The van der Waals surface area contributed by atoms with Crippen LogP contribution in [0.1, 0.15) is 34.3 Å². The van der Waals surface area contributed by atoms with E-state index in [2.05, 4.69) is 15.3 Å². The van der Waals surface area contributed by atoms with Crippen molar-refractivity contribution in [2.45, 2.75) is 25.9 Å². The molecule has 9 heteroatoms. The lowest BCUT2D eigenvalue weighted by Gasteiger charge is -2.32. The minimum Gasteiger partial charge on any atom is -0.339 e. The van der Waals surface area contributed by atoms with Gasteiger partial charge in [-0.2, -0.15) is 13.2 Å². The van der Waals surface area contributed by atoms with Gasteiger partial charge < -0.3 is 10.2 Å². The van der Waals surface area contributed by atoms with E-state index in [0.717, 1.165) is 11.8 Å². The zero-order valence-electron chi connectivity index (χ0n) is 17.3. The Hall–Kier alpha value is -3.49. The quantitative estimate of drug-likeness (QED) is 0.651. The summed E-state index contributed by atoms with van der Waals surface area (Å²) in [6, 6.07) is 9.42. The van der Waals surface area contributed by atoms with Crippen molar-refractivity contribution in [1.82, 2.24) is 14.9 Å². The van der Waals surface area contributed by atoms with Crippen LogP contribution in [-0.2, 0) is 11.0 Å². The minimum absolute atomic E-state index is 0.106. The molecule has 0 radical (unpaired) electrons. The molecule has 1 N–H and O–H groups in total. The van der Waals surface area contributed by atoms with Gasteiger partial charge in [-0.25, -0.2) is 4.98 Å². The molecule has 32 heavy (non-hydrogen) atoms. The Morgan fingerprint density at radius 1 is 1.03 bits per heavy atom. The second-order valence-electron chi connectivity index (χ2n) is 7.84. The fourth-order valence-electron chi connectivity index (χ4n) is 3.89. The largest absolute Gasteiger partial charge is 0.417 e. The number of pyridine rings is 2. The maximum atomic E-state index is 13.8. The number of carbonyl (C=O) groups excluding carboxylic acids is 2. The van der Waals surface area contributed by atoms with Gasteiger partial charge in [-0.3, -0.25) is 14.6 Å². The Balaban J connectivity index is 1.48. The van der Waals surface area contributed by atoms with E-state index in [1.165, 1.54) is 23.1 Å². The SMILES string of the molecule is Cc1ccc(NC(=O)C2CCN(C(=O)c3cnc4ccccc4c3C(F)(F)F)CC2)nc1. The number of benzene rings is 1. The molecule has 6 nitrogen and oxygen atoms in total. The van der Waals surface area contributed by atoms with Gasteiger partial charge in [-0.15, -0.1) is 0 Å². The number of piperidine rings is 1. The molecule has 2 amide bonds. The van der Waals surface area contributed by atoms with Gasteiger partial charge in [-0.1, -0.05) is 24.3 Å². The maximum absolute atomic E-state index is 13.8. The second-order valence-corrected chi connectivity index (χ2v) is 7.84. The number of fused-ring (bicyclic) bond motifs is 1. The molecule has 3 aromatic rings. The first-order chi connectivity index (χ1) is 15.2. The second kappa shape index (κ2) is 8.57. The van der Waals surface area contributed by atoms with Gasteiger partial charge in [0, 0.05) is 36.8 Å². The Morgan fingerprint density at radius 2 is 1.75 bits per heavy atom. The van der Waals surface area contributed by atoms with Crippen LogP contribution in [0.25, 0.3) is 10.9 Å². The molecule has 0 atom stereocenters. The summed E-state index contributed by atoms with van der Waals surface area (Å²) in [5.41, 5.74) is -0.297. The fraction of sp³-hybridized carbons (Fsp3) is 0.304. The van der Waals surface area contributed by atoms with Crippen molar-refractivity contribution in [2.24, 2.45) is 5.92 Å². The summed E-state index contributed by atoms with van der Waals surface area (Å²) in [7, 11) is 0. The molecule has 3 heterocycles. The zero-order chi connectivity index (χ0) is 22.9. The van der Waals surface area contributed by atoms with Crippen LogP contribution in [0.4, 0.5) is 19.0 Å². The Kier molecular flexibility index (Phi) is 5.82. The van der Waals surface area contributed by atoms with Crippen LogP contribution in [0.15, 0.2) is 48.8 Å². The first-order valence-corrected chi connectivity index (χ1v) is 10.2. The predicted molar refractivity (Wildman–Crippen MR) is 113 cm³/mol. The molecule has 1 saturated heterocycles. The maximum Gasteiger partial charge on any atom is 0.417 e. The number of hydrogen-bond donors (Lipinski definition) is 1. The molecule has 0 aliphatic carbocycles. The number of aryl methyl sites for hydroxylation is 1. The number of carbonyl (C=O) groups is 2. The highest BCUT2D eigenvalue weighted by atomic mass is 19.4. The minimum atomic E-state index is -4.70. The van der Waals surface area contributed by atoms with Crippen LogP contribution in [0.5, 0.6) is 0 Å². The smallest absolute Gasteiger partial charge is 0.339 e. The van der Waals surface area contributed by atoms with E-state index in [9.17, 15) is 22.8 Å². The Morgan fingerprint density at radius 3 is 2.41 bits per heavy atom. The molecule has 4 rings (SSSR count). The number of halogens is 3. The van der Waals surface area contributed by atoms with E-state index in [1.807, 2.05) is 13.0 Å². The Bertz CT molecular complexity index is 1150. The van der Waals surface area contributed by atoms with Crippen LogP contribution >= 0.6 is 0 Å². The van der Waals surface area contributed by atoms with E-state index >= 15 is 0 Å². The standard InChI is InChI=1S/C23H21F3N4O2/c1-14-6-7-19(28-12-14)29-21(31)15-8-10-30(11-9-15)22(32)17-13-27-18-5-3-2-4-16(18)20(17)23(24,25)26/h2-7,12-13,15H,8-11H2,1H3,(H,28,29,31). The summed E-state index contributed by atoms with van der Waals surface area (Å²) < 4.78 is 41.5. The van der Waals surface area contributed by atoms with Gasteiger partial charge >= 0.3 is 6.18 Å². The average Bonchev–Trinajstić information content (AvgIpc) is 2.78. The van der Waals surface area contributed by atoms with E-state index < -0.39 is 23.2 Å². The van der Waals surface area contributed by atoms with Crippen LogP contribution in [0, 0.1) is 12.8 Å². The topological polar surface area (TPSA) is 75.2 Å². The van der Waals surface area contributed by atoms with E-state index in [0.29, 0.717) is 18.7 Å². The average molecular weight is 442 g/mol. The number of nitrogens with zero attached hydrogens (tertiary/aromatic N) is 3. The summed E-state index contributed by atoms with van der Waals surface area (Å²) in [5, 5.41) is 2.65. The number of alkyl halides is 3. The number of likely N-dealkylation sites (tertiary alicyclic amines) is 1. The highest BCUT2D eigenvalue weighted by Gasteiger charge is 2.39. The summed E-state index contributed by atoms with van der Waals surface area (Å²) in [6.07, 6.45) is -1.35. The first-order valence-electron chi connectivity index (χ1n) is 10.2. The van der Waals surface area contributed by atoms with E-state index in [1.54, 1.807) is 18.3 Å². The number of anilines is 1. The molecular weight excluding hydrogens is 421 g/mol. The van der Waals surface area contributed by atoms with Crippen LogP contribution in [-0.4, -0.2) is 39.8 Å². The molecule has 1 aromatic carbocycles. The highest BCUT2D eigenvalue weighted by molar-refractivity contribution is 6.00. The van der Waals surface area contributed by atoms with Gasteiger partial charge in [-0.05, 0) is 37.5 Å². The van der Waals surface area contributed by atoms with Gasteiger partial charge in [0.05, 0.1) is 16.6 Å². The molecule has 1 aliphatic rings. The zero-order valence-corrected chi connectivity index (χ0v) is 17.3. The number of nitrogens with one attached hydrogen (secondary N) is 1. The number of amides is 2. The molecule has 0 bridgehead atoms. The fourth-order valence-corrected chi connectivity index (χ4v) is 3.89. The monoisotopic (exact) mass is 442 g/mol. The lowest BCUT2D eigenvalue weighted by atomic mass is 9.94. The van der Waals surface area contributed by atoms with Crippen LogP contribution < -0.4 is 5.32 Å². The van der Waals surface area contributed by atoms with Gasteiger partial charge in [0.15, 0.2) is 0 Å². The molecule has 1 fully saturated rings. The van der Waals surface area contributed by atoms with Gasteiger partial charge in [0.2, 0.25) is 5.91 Å². The van der Waals surface area contributed by atoms with Crippen LogP contribution in [0.2, 0.25) is 0 Å². The summed E-state index contributed by atoms with van der Waals surface area (Å²) in [6.45, 7) is 2.26. The summed E-state index contributed by atoms with van der Waals surface area (Å²) in [4.78, 5) is 35.1. The van der Waals surface area contributed by atoms with E-state index in [-0.39, 0.29) is 35.8 Å².